The molecule has 4 rings (SSSR count). The summed E-state index contributed by atoms with van der Waals surface area (Å²) < 4.78 is 9.87. The zero-order valence-electron chi connectivity index (χ0n) is 22.2. The van der Waals surface area contributed by atoms with Crippen LogP contribution in [0.25, 0.3) is 0 Å². The van der Waals surface area contributed by atoms with Crippen molar-refractivity contribution in [1.82, 2.24) is 10.2 Å². The van der Waals surface area contributed by atoms with Gasteiger partial charge in [0.2, 0.25) is 0 Å². The van der Waals surface area contributed by atoms with Crippen molar-refractivity contribution in [3.63, 3.8) is 0 Å². The topological polar surface area (TPSA) is 129 Å². The number of aldehydes is 2. The van der Waals surface area contributed by atoms with Crippen LogP contribution in [0.2, 0.25) is 0 Å². The number of benzene rings is 2. The molecule has 9 nitrogen and oxygen atoms in total. The molecule has 2 aromatic rings. The molecule has 2 aromatic carbocycles. The van der Waals surface area contributed by atoms with E-state index in [1.54, 1.807) is 12.1 Å². The molecule has 0 aromatic heterocycles. The number of phenols is 2. The Bertz CT molecular complexity index is 916. The van der Waals surface area contributed by atoms with Crippen LogP contribution in [0.4, 0.5) is 0 Å². The quantitative estimate of drug-likeness (QED) is 0.398. The molecule has 0 amide bonds. The Morgan fingerprint density at radius 1 is 0.816 bits per heavy atom. The third-order valence-corrected chi connectivity index (χ3v) is 5.92. The summed E-state index contributed by atoms with van der Waals surface area (Å²) in [6.07, 6.45) is 9.37. The van der Waals surface area contributed by atoms with Gasteiger partial charge in [-0.3, -0.25) is 14.5 Å². The largest absolute Gasteiger partial charge is 0.504 e. The first-order chi connectivity index (χ1) is 18.0. The summed E-state index contributed by atoms with van der Waals surface area (Å²) >= 11 is 0. The number of likely N-dealkylation sites (tertiary alicyclic amines) is 1. The highest BCUT2D eigenvalue weighted by Crippen LogP contribution is 2.32. The Morgan fingerprint density at radius 2 is 1.37 bits per heavy atom. The Kier molecular flexibility index (Phi) is 19.1. The van der Waals surface area contributed by atoms with Crippen molar-refractivity contribution in [3.8, 4) is 23.0 Å². The molecule has 2 saturated heterocycles. The first-order valence-electron chi connectivity index (χ1n) is 12.6. The maximum atomic E-state index is 10.9. The molecule has 2 aliphatic heterocycles. The van der Waals surface area contributed by atoms with Crippen LogP contribution in [-0.4, -0.2) is 80.3 Å². The van der Waals surface area contributed by atoms with Crippen LogP contribution in [0.5, 0.6) is 23.0 Å². The highest BCUT2D eigenvalue weighted by molar-refractivity contribution is 5.77. The van der Waals surface area contributed by atoms with Crippen LogP contribution in [0, 0.1) is 0 Å². The number of nitrogens with zero attached hydrogens (tertiary/aromatic N) is 1. The van der Waals surface area contributed by atoms with E-state index in [1.807, 2.05) is 0 Å². The highest BCUT2D eigenvalue weighted by atomic mass is 16.5. The van der Waals surface area contributed by atoms with Crippen LogP contribution < -0.4 is 14.8 Å². The number of methoxy groups -OCH3 is 2. The lowest BCUT2D eigenvalue weighted by atomic mass is 10.1. The number of piperidine rings is 2. The molecule has 4 N–H and O–H groups in total. The third-order valence-electron chi connectivity index (χ3n) is 5.92. The van der Waals surface area contributed by atoms with Crippen molar-refractivity contribution in [3.05, 3.63) is 47.0 Å². The van der Waals surface area contributed by atoms with E-state index >= 15 is 0 Å². The second-order valence-electron chi connectivity index (χ2n) is 8.55. The Balaban J connectivity index is 0.000000582. The summed E-state index contributed by atoms with van der Waals surface area (Å²) in [5, 5.41) is 29.4. The number of phenolic OH excluding ortho intramolecular Hbond substituents is 2. The van der Waals surface area contributed by atoms with Gasteiger partial charge >= 0.3 is 0 Å². The van der Waals surface area contributed by atoms with E-state index in [4.69, 9.17) is 19.7 Å². The molecule has 214 valence electrons. The van der Waals surface area contributed by atoms with Crippen molar-refractivity contribution in [2.75, 3.05) is 47.5 Å². The van der Waals surface area contributed by atoms with Gasteiger partial charge in [-0.1, -0.05) is 20.3 Å². The molecule has 0 atom stereocenters. The summed E-state index contributed by atoms with van der Waals surface area (Å²) in [5.41, 5.74) is 1.79. The summed E-state index contributed by atoms with van der Waals surface area (Å²) in [6, 6.07) is 7.71. The molecule has 9 heteroatoms. The number of rotatable bonds is 6. The molecule has 2 aliphatic rings. The molecule has 38 heavy (non-hydrogen) atoms. The number of aromatic hydroxyl groups is 2. The van der Waals surface area contributed by atoms with Crippen molar-refractivity contribution in [2.45, 2.75) is 52.5 Å². The lowest BCUT2D eigenvalue weighted by molar-refractivity contribution is 0.111. The molecule has 2 fully saturated rings. The van der Waals surface area contributed by atoms with Gasteiger partial charge in [-0.2, -0.15) is 0 Å². The van der Waals surface area contributed by atoms with Gasteiger partial charge in [-0.25, -0.2) is 0 Å². The fraction of sp³-hybridized carbons (Fsp3) is 0.517. The normalized spacial score (nSPS) is 14.4. The molecular weight excluding hydrogens is 488 g/mol. The van der Waals surface area contributed by atoms with Gasteiger partial charge in [0.25, 0.3) is 0 Å². The molecule has 0 saturated carbocycles. The summed E-state index contributed by atoms with van der Waals surface area (Å²) in [4.78, 5) is 23.4. The predicted molar refractivity (Wildman–Crippen MR) is 151 cm³/mol. The summed E-state index contributed by atoms with van der Waals surface area (Å²) in [6.45, 7) is 5.27. The first kappa shape index (κ1) is 34.9. The molecule has 0 spiro atoms. The van der Waals surface area contributed by atoms with Gasteiger partial charge in [0, 0.05) is 30.3 Å². The first-order valence-corrected chi connectivity index (χ1v) is 12.6. The van der Waals surface area contributed by atoms with E-state index in [0.717, 1.165) is 32.0 Å². The van der Waals surface area contributed by atoms with E-state index < -0.39 is 0 Å². The highest BCUT2D eigenvalue weighted by Gasteiger charge is 2.16. The number of aliphatic hydroxyl groups is 1. The van der Waals surface area contributed by atoms with Gasteiger partial charge in [-0.15, -0.1) is 0 Å². The SMILES string of the molecule is C.C1CCNCC1.CO.COc1cc(C=O)cc(CN2CCCCC2)c1O.COc1cc(C=O)ccc1O. The Hall–Kier alpha value is -3.14. The van der Waals surface area contributed by atoms with Crippen LogP contribution in [0.15, 0.2) is 30.3 Å². The minimum Gasteiger partial charge on any atom is -0.504 e. The molecule has 2 heterocycles. The number of carbonyl (C=O) groups excluding carboxylic acids is 2. The molecule has 0 aliphatic carbocycles. The van der Waals surface area contributed by atoms with Crippen molar-refractivity contribution in [1.29, 1.82) is 0 Å². The van der Waals surface area contributed by atoms with Crippen LogP contribution in [0.1, 0.15) is 72.2 Å². The minimum absolute atomic E-state index is 0. The van der Waals surface area contributed by atoms with E-state index in [0.29, 0.717) is 35.5 Å². The maximum Gasteiger partial charge on any atom is 0.162 e. The van der Waals surface area contributed by atoms with E-state index in [1.165, 1.54) is 84.0 Å². The fourth-order valence-electron chi connectivity index (χ4n) is 3.96. The zero-order valence-corrected chi connectivity index (χ0v) is 22.2. The molecule has 0 bridgehead atoms. The Labute approximate surface area is 227 Å². The van der Waals surface area contributed by atoms with Gasteiger partial charge in [0.1, 0.15) is 12.6 Å². The van der Waals surface area contributed by atoms with Gasteiger partial charge < -0.3 is 30.1 Å². The zero-order chi connectivity index (χ0) is 27.5. The van der Waals surface area contributed by atoms with E-state index in [9.17, 15) is 14.7 Å². The standard InChI is InChI=1S/C14H19NO3.C8H8O3.C5H11N.CH4O.CH4/c1-18-13-8-11(10-16)7-12(14(13)17)9-15-5-3-2-4-6-15;1-11-8-4-6(5-9)2-3-7(8)10;1-2-4-6-5-3-1;1-2;/h7-8,10,17H,2-6,9H2,1H3;2-5,10H,1H3;6H,1-5H2;2H,1H3;1H4. The van der Waals surface area contributed by atoms with Gasteiger partial charge in [-0.05, 0) is 82.2 Å². The number of hydrogen-bond acceptors (Lipinski definition) is 9. The number of hydrogen-bond donors (Lipinski definition) is 4. The fourth-order valence-corrected chi connectivity index (χ4v) is 3.96. The number of aliphatic hydroxyl groups excluding tert-OH is 1. The summed E-state index contributed by atoms with van der Waals surface area (Å²) in [7, 11) is 3.93. The lowest BCUT2D eigenvalue weighted by Crippen LogP contribution is -2.29. The van der Waals surface area contributed by atoms with Gasteiger partial charge in [0.15, 0.2) is 23.0 Å². The van der Waals surface area contributed by atoms with Crippen LogP contribution in [-0.2, 0) is 6.54 Å². The third kappa shape index (κ3) is 12.4. The van der Waals surface area contributed by atoms with E-state index in [2.05, 4.69) is 10.2 Å². The molecule has 0 radical (unpaired) electrons. The number of nitrogens with one attached hydrogen (secondary N) is 1. The second-order valence-corrected chi connectivity index (χ2v) is 8.55. The molecular formula is C29H46N2O7. The van der Waals surface area contributed by atoms with Crippen LogP contribution >= 0.6 is 0 Å². The predicted octanol–water partition coefficient (Wildman–Crippen LogP) is 4.42. The Morgan fingerprint density at radius 3 is 1.84 bits per heavy atom. The average molecular weight is 535 g/mol. The average Bonchev–Trinajstić information content (AvgIpc) is 2.97. The van der Waals surface area contributed by atoms with Crippen molar-refractivity contribution >= 4 is 12.6 Å². The second kappa shape index (κ2) is 20.9. The minimum atomic E-state index is 0. The number of carbonyl (C=O) groups is 2. The smallest absolute Gasteiger partial charge is 0.162 e. The number of ether oxygens (including phenoxy) is 2. The lowest BCUT2D eigenvalue weighted by Gasteiger charge is -2.27. The maximum absolute atomic E-state index is 10.9. The monoisotopic (exact) mass is 534 g/mol. The van der Waals surface area contributed by atoms with Crippen molar-refractivity contribution < 1.29 is 34.4 Å². The van der Waals surface area contributed by atoms with Gasteiger partial charge in [0.05, 0.1) is 14.2 Å². The van der Waals surface area contributed by atoms with Crippen LogP contribution in [0.3, 0.4) is 0 Å². The molecule has 0 unspecified atom stereocenters. The summed E-state index contributed by atoms with van der Waals surface area (Å²) in [5.74, 6) is 0.869. The van der Waals surface area contributed by atoms with E-state index in [-0.39, 0.29) is 18.9 Å². The van der Waals surface area contributed by atoms with Crippen molar-refractivity contribution in [2.24, 2.45) is 0 Å².